The van der Waals surface area contributed by atoms with E-state index in [-0.39, 0.29) is 5.96 Å². The molecule has 0 amide bonds. The second-order valence-corrected chi connectivity index (χ2v) is 2.57. The fourth-order valence-corrected chi connectivity index (χ4v) is 1.20. The van der Waals surface area contributed by atoms with Crippen LogP contribution in [0, 0.1) is 0 Å². The molecular weight excluding hydrogens is 168 g/mol. The minimum absolute atomic E-state index is 0.0406. The topological polar surface area (TPSA) is 76.4 Å². The molecule has 0 radical (unpaired) electrons. The Morgan fingerprint density at radius 1 is 1.46 bits per heavy atom. The van der Waals surface area contributed by atoms with Gasteiger partial charge in [-0.05, 0) is 11.2 Å². The van der Waals surface area contributed by atoms with E-state index >= 15 is 0 Å². The third kappa shape index (κ3) is 1.10. The highest BCUT2D eigenvalue weighted by molar-refractivity contribution is 5.91. The van der Waals surface area contributed by atoms with Gasteiger partial charge >= 0.3 is 0 Å². The molecule has 0 bridgehead atoms. The van der Waals surface area contributed by atoms with Gasteiger partial charge in [0.2, 0.25) is 0 Å². The summed E-state index contributed by atoms with van der Waals surface area (Å²) in [6, 6.07) is 7.52. The molecule has 0 atom stereocenters. The number of para-hydroxylation sites is 1. The minimum Gasteiger partial charge on any atom is -0.408 e. The van der Waals surface area contributed by atoms with E-state index in [1.165, 1.54) is 4.68 Å². The van der Waals surface area contributed by atoms with Crippen molar-refractivity contribution in [2.45, 2.75) is 0 Å². The molecule has 5 heteroatoms. The highest BCUT2D eigenvalue weighted by Gasteiger charge is 2.03. The van der Waals surface area contributed by atoms with Gasteiger partial charge in [-0.15, -0.1) is 0 Å². The Kier molecular flexibility index (Phi) is 1.63. The molecule has 5 nitrogen and oxygen atoms in total. The lowest BCUT2D eigenvalue weighted by atomic mass is 10.3. The Balaban J connectivity index is 2.71. The quantitative estimate of drug-likeness (QED) is 0.267. The first-order valence-electron chi connectivity index (χ1n) is 3.73. The summed E-state index contributed by atoms with van der Waals surface area (Å²) in [5, 5.41) is 16.3. The molecule has 0 aliphatic heterocycles. The first kappa shape index (κ1) is 7.60. The molecule has 0 spiro atoms. The Bertz CT molecular complexity index is 460. The standard InChI is InChI=1S/C8H8N4O/c9-8(11-13)12-7-4-2-1-3-6(7)5-10-12/h1-5,13H,(H2,9,11). The molecule has 2 rings (SSSR count). The van der Waals surface area contributed by atoms with Crippen LogP contribution in [-0.2, 0) is 0 Å². The molecule has 3 N–H and O–H groups in total. The molecule has 1 aromatic carbocycles. The Morgan fingerprint density at radius 2 is 2.23 bits per heavy atom. The van der Waals surface area contributed by atoms with Crippen molar-refractivity contribution < 1.29 is 5.21 Å². The third-order valence-corrected chi connectivity index (χ3v) is 1.80. The van der Waals surface area contributed by atoms with Crippen molar-refractivity contribution in [3.63, 3.8) is 0 Å². The van der Waals surface area contributed by atoms with Gasteiger partial charge in [-0.3, -0.25) is 0 Å². The molecule has 0 aliphatic rings. The van der Waals surface area contributed by atoms with E-state index in [2.05, 4.69) is 10.3 Å². The average molecular weight is 176 g/mol. The number of aromatic nitrogens is 2. The first-order valence-corrected chi connectivity index (χ1v) is 3.73. The van der Waals surface area contributed by atoms with Crippen LogP contribution in [0.3, 0.4) is 0 Å². The highest BCUT2D eigenvalue weighted by Crippen LogP contribution is 2.11. The van der Waals surface area contributed by atoms with Crippen molar-refractivity contribution in [1.29, 1.82) is 0 Å². The van der Waals surface area contributed by atoms with E-state index in [0.29, 0.717) is 0 Å². The van der Waals surface area contributed by atoms with Gasteiger partial charge in [0.15, 0.2) is 0 Å². The maximum Gasteiger partial charge on any atom is 0.258 e. The number of nitrogens with two attached hydrogens (primary N) is 1. The number of oxime groups is 1. The SMILES string of the molecule is NC(=NO)n1ncc2ccccc21. The molecule has 13 heavy (non-hydrogen) atoms. The van der Waals surface area contributed by atoms with Crippen molar-refractivity contribution >= 4 is 16.9 Å². The summed E-state index contributed by atoms with van der Waals surface area (Å²) in [6.07, 6.45) is 1.66. The second-order valence-electron chi connectivity index (χ2n) is 2.57. The molecule has 66 valence electrons. The molecule has 1 aromatic heterocycles. The normalized spacial score (nSPS) is 12.2. The van der Waals surface area contributed by atoms with E-state index in [0.717, 1.165) is 10.9 Å². The van der Waals surface area contributed by atoms with E-state index in [1.807, 2.05) is 24.3 Å². The number of nitrogens with zero attached hydrogens (tertiary/aromatic N) is 3. The number of fused-ring (bicyclic) bond motifs is 1. The lowest BCUT2D eigenvalue weighted by molar-refractivity contribution is 0.315. The largest absolute Gasteiger partial charge is 0.408 e. The second kappa shape index (κ2) is 2.78. The predicted octanol–water partition coefficient (Wildman–Crippen LogP) is 0.588. The van der Waals surface area contributed by atoms with Gasteiger partial charge in [-0.1, -0.05) is 18.2 Å². The molecule has 1 heterocycles. The van der Waals surface area contributed by atoms with Crippen LogP contribution in [0.5, 0.6) is 0 Å². The summed E-state index contributed by atoms with van der Waals surface area (Å²) in [5.41, 5.74) is 6.22. The number of benzene rings is 1. The lowest BCUT2D eigenvalue weighted by Gasteiger charge is -1.98. The van der Waals surface area contributed by atoms with Gasteiger partial charge < -0.3 is 10.9 Å². The van der Waals surface area contributed by atoms with Crippen molar-refractivity contribution in [1.82, 2.24) is 9.78 Å². The minimum atomic E-state index is -0.0406. The van der Waals surface area contributed by atoms with Gasteiger partial charge in [0.1, 0.15) is 0 Å². The van der Waals surface area contributed by atoms with E-state index in [4.69, 9.17) is 10.9 Å². The van der Waals surface area contributed by atoms with Crippen LogP contribution in [0.4, 0.5) is 0 Å². The Labute approximate surface area is 74.1 Å². The van der Waals surface area contributed by atoms with Crippen molar-refractivity contribution in [3.8, 4) is 0 Å². The average Bonchev–Trinajstić information content (AvgIpc) is 2.60. The fraction of sp³-hybridized carbons (Fsp3) is 0. The van der Waals surface area contributed by atoms with Gasteiger partial charge in [-0.25, -0.2) is 0 Å². The van der Waals surface area contributed by atoms with Crippen molar-refractivity contribution in [2.75, 3.05) is 0 Å². The number of hydrogen-bond acceptors (Lipinski definition) is 3. The zero-order valence-corrected chi connectivity index (χ0v) is 6.75. The highest BCUT2D eigenvalue weighted by atomic mass is 16.4. The molecule has 0 aliphatic carbocycles. The summed E-state index contributed by atoms with van der Waals surface area (Å²) in [4.78, 5) is 0. The van der Waals surface area contributed by atoms with Crippen molar-refractivity contribution in [3.05, 3.63) is 30.5 Å². The first-order chi connectivity index (χ1) is 6.33. The summed E-state index contributed by atoms with van der Waals surface area (Å²) in [6.45, 7) is 0. The van der Waals surface area contributed by atoms with Crippen LogP contribution < -0.4 is 5.73 Å². The lowest BCUT2D eigenvalue weighted by Crippen LogP contribution is -2.22. The van der Waals surface area contributed by atoms with Crippen LogP contribution in [0.2, 0.25) is 0 Å². The Morgan fingerprint density at radius 3 is 3.00 bits per heavy atom. The van der Waals surface area contributed by atoms with E-state index in [1.54, 1.807) is 6.20 Å². The maximum absolute atomic E-state index is 8.47. The van der Waals surface area contributed by atoms with Crippen LogP contribution >= 0.6 is 0 Å². The van der Waals surface area contributed by atoms with Crippen LogP contribution in [0.1, 0.15) is 0 Å². The molecule has 0 saturated carbocycles. The van der Waals surface area contributed by atoms with E-state index in [9.17, 15) is 0 Å². The monoisotopic (exact) mass is 176 g/mol. The van der Waals surface area contributed by atoms with Gasteiger partial charge in [0, 0.05) is 5.39 Å². The van der Waals surface area contributed by atoms with E-state index < -0.39 is 0 Å². The zero-order chi connectivity index (χ0) is 9.26. The molecular formula is C8H8N4O. The van der Waals surface area contributed by atoms with Gasteiger partial charge in [0.05, 0.1) is 11.7 Å². The molecule has 0 saturated heterocycles. The molecule has 0 fully saturated rings. The molecule has 0 unspecified atom stereocenters. The Hall–Kier alpha value is -2.04. The van der Waals surface area contributed by atoms with Gasteiger partial charge in [0.25, 0.3) is 5.96 Å². The van der Waals surface area contributed by atoms with Crippen LogP contribution in [-0.4, -0.2) is 20.9 Å². The number of rotatable bonds is 0. The maximum atomic E-state index is 8.47. The van der Waals surface area contributed by atoms with Crippen LogP contribution in [0.25, 0.3) is 10.9 Å². The molecule has 2 aromatic rings. The predicted molar refractivity (Wildman–Crippen MR) is 48.5 cm³/mol. The summed E-state index contributed by atoms with van der Waals surface area (Å²) < 4.78 is 1.37. The smallest absolute Gasteiger partial charge is 0.258 e. The fourth-order valence-electron chi connectivity index (χ4n) is 1.20. The summed E-state index contributed by atoms with van der Waals surface area (Å²) >= 11 is 0. The van der Waals surface area contributed by atoms with Gasteiger partial charge in [-0.2, -0.15) is 9.78 Å². The number of hydrogen-bond donors (Lipinski definition) is 2. The summed E-state index contributed by atoms with van der Waals surface area (Å²) in [5.74, 6) is -0.0406. The van der Waals surface area contributed by atoms with Crippen molar-refractivity contribution in [2.24, 2.45) is 10.9 Å². The van der Waals surface area contributed by atoms with Crippen LogP contribution in [0.15, 0.2) is 35.6 Å². The third-order valence-electron chi connectivity index (χ3n) is 1.80. The zero-order valence-electron chi connectivity index (χ0n) is 6.75. The summed E-state index contributed by atoms with van der Waals surface area (Å²) in [7, 11) is 0.